The highest BCUT2D eigenvalue weighted by Crippen LogP contribution is 2.40. The lowest BCUT2D eigenvalue weighted by molar-refractivity contribution is 0.257. The fraction of sp³-hybridized carbons (Fsp3) is 0.269. The molecule has 0 bridgehead atoms. The number of hydrogen-bond acceptors (Lipinski definition) is 6. The first-order valence-corrected chi connectivity index (χ1v) is 11.1. The number of benzene rings is 1. The summed E-state index contributed by atoms with van der Waals surface area (Å²) in [4.78, 5) is 21.0. The van der Waals surface area contributed by atoms with E-state index in [0.29, 0.717) is 47.6 Å². The molecule has 3 aromatic heterocycles. The Balaban J connectivity index is 1.33. The van der Waals surface area contributed by atoms with Gasteiger partial charge in [-0.15, -0.1) is 0 Å². The van der Waals surface area contributed by atoms with Crippen LogP contribution in [0.15, 0.2) is 65.8 Å². The molecule has 1 saturated carbocycles. The van der Waals surface area contributed by atoms with E-state index in [1.807, 2.05) is 6.92 Å². The van der Waals surface area contributed by atoms with Crippen LogP contribution >= 0.6 is 0 Å². The van der Waals surface area contributed by atoms with Crippen LogP contribution in [0.3, 0.4) is 0 Å². The maximum absolute atomic E-state index is 12.4. The molecule has 1 aliphatic carbocycles. The van der Waals surface area contributed by atoms with E-state index in [2.05, 4.69) is 34.2 Å². The second-order valence-corrected chi connectivity index (χ2v) is 8.15. The van der Waals surface area contributed by atoms with Gasteiger partial charge in [0.2, 0.25) is 0 Å². The number of ether oxygens (including phenoxy) is 3. The molecule has 33 heavy (non-hydrogen) atoms. The number of nitrogens with zero attached hydrogens (tertiary/aromatic N) is 3. The zero-order chi connectivity index (χ0) is 22.8. The molecular formula is C26H25N3O4. The molecule has 5 rings (SSSR count). The van der Waals surface area contributed by atoms with Crippen molar-refractivity contribution >= 4 is 5.65 Å². The highest BCUT2D eigenvalue weighted by molar-refractivity contribution is 5.44. The van der Waals surface area contributed by atoms with Crippen LogP contribution in [-0.4, -0.2) is 21.0 Å². The minimum atomic E-state index is -0.132. The molecule has 0 atom stereocenters. The zero-order valence-electron chi connectivity index (χ0n) is 18.7. The van der Waals surface area contributed by atoms with Gasteiger partial charge in [0.1, 0.15) is 23.8 Å². The number of hydrogen-bond donors (Lipinski definition) is 0. The van der Waals surface area contributed by atoms with Crippen molar-refractivity contribution < 1.29 is 14.2 Å². The predicted molar refractivity (Wildman–Crippen MR) is 124 cm³/mol. The first kappa shape index (κ1) is 21.0. The molecule has 0 N–H and O–H groups in total. The fourth-order valence-electron chi connectivity index (χ4n) is 3.64. The molecule has 1 aliphatic rings. The summed E-state index contributed by atoms with van der Waals surface area (Å²) in [6, 6.07) is 13.8. The molecule has 0 saturated heterocycles. The highest BCUT2D eigenvalue weighted by atomic mass is 16.5. The normalized spacial score (nSPS) is 13.2. The molecule has 3 heterocycles. The Morgan fingerprint density at radius 3 is 2.58 bits per heavy atom. The zero-order valence-corrected chi connectivity index (χ0v) is 18.7. The van der Waals surface area contributed by atoms with Crippen LogP contribution in [0.1, 0.15) is 42.4 Å². The lowest BCUT2D eigenvalue weighted by atomic mass is 10.1. The Morgan fingerprint density at radius 2 is 1.82 bits per heavy atom. The Kier molecular flexibility index (Phi) is 5.69. The van der Waals surface area contributed by atoms with Crippen molar-refractivity contribution in [2.45, 2.75) is 39.2 Å². The number of fused-ring (bicyclic) bond motifs is 1. The van der Waals surface area contributed by atoms with Crippen LogP contribution < -0.4 is 19.8 Å². The highest BCUT2D eigenvalue weighted by Gasteiger charge is 2.23. The molecule has 1 aromatic carbocycles. The Labute approximate surface area is 191 Å². The van der Waals surface area contributed by atoms with Gasteiger partial charge < -0.3 is 14.2 Å². The van der Waals surface area contributed by atoms with Crippen molar-refractivity contribution in [2.75, 3.05) is 6.61 Å². The van der Waals surface area contributed by atoms with Gasteiger partial charge in [-0.3, -0.25) is 9.20 Å². The lowest BCUT2D eigenvalue weighted by Gasteiger charge is -2.13. The molecule has 0 amide bonds. The van der Waals surface area contributed by atoms with Crippen molar-refractivity contribution in [3.05, 3.63) is 88.1 Å². The van der Waals surface area contributed by atoms with E-state index in [1.54, 1.807) is 43.7 Å². The first-order valence-electron chi connectivity index (χ1n) is 11.1. The van der Waals surface area contributed by atoms with Crippen LogP contribution in [0.5, 0.6) is 23.1 Å². The number of aromatic nitrogens is 3. The van der Waals surface area contributed by atoms with Crippen molar-refractivity contribution in [2.24, 2.45) is 0 Å². The minimum absolute atomic E-state index is 0.132. The van der Waals surface area contributed by atoms with Crippen LogP contribution in [-0.2, 0) is 6.61 Å². The van der Waals surface area contributed by atoms with Crippen molar-refractivity contribution in [1.29, 1.82) is 0 Å². The van der Waals surface area contributed by atoms with Gasteiger partial charge in [-0.25, -0.2) is 9.97 Å². The summed E-state index contributed by atoms with van der Waals surface area (Å²) in [6.07, 6.45) is 7.34. The van der Waals surface area contributed by atoms with Crippen molar-refractivity contribution in [3.63, 3.8) is 0 Å². The number of rotatable bonds is 8. The standard InChI is InChI=1S/C26H25N3O4/c1-3-31-23-12-22(33-21-10-11-24-27-13-17(2)26(30)29(24)15-21)14-28-25(23)32-16-18-4-6-19(7-5-18)20-8-9-20/h4-7,10-15,20H,3,8-9,16H2,1-2H3. The molecular weight excluding hydrogens is 418 g/mol. The van der Waals surface area contributed by atoms with Gasteiger partial charge >= 0.3 is 0 Å². The second-order valence-electron chi connectivity index (χ2n) is 8.15. The average Bonchev–Trinajstić information content (AvgIpc) is 3.68. The van der Waals surface area contributed by atoms with Crippen LogP contribution in [0.4, 0.5) is 0 Å². The first-order chi connectivity index (χ1) is 16.1. The average molecular weight is 444 g/mol. The van der Waals surface area contributed by atoms with E-state index in [9.17, 15) is 4.79 Å². The van der Waals surface area contributed by atoms with Crippen molar-refractivity contribution in [3.8, 4) is 23.1 Å². The van der Waals surface area contributed by atoms with Gasteiger partial charge in [-0.1, -0.05) is 24.3 Å². The van der Waals surface area contributed by atoms with Crippen LogP contribution in [0.2, 0.25) is 0 Å². The largest absolute Gasteiger partial charge is 0.488 e. The summed E-state index contributed by atoms with van der Waals surface area (Å²) >= 11 is 0. The quantitative estimate of drug-likeness (QED) is 0.380. The van der Waals surface area contributed by atoms with Gasteiger partial charge in [0, 0.05) is 17.8 Å². The third-order valence-electron chi connectivity index (χ3n) is 5.58. The molecule has 0 aliphatic heterocycles. The van der Waals surface area contributed by atoms with E-state index < -0.39 is 0 Å². The van der Waals surface area contributed by atoms with Gasteiger partial charge in [0.05, 0.1) is 19.0 Å². The van der Waals surface area contributed by atoms with Gasteiger partial charge in [0.15, 0.2) is 5.75 Å². The molecule has 4 aromatic rings. The summed E-state index contributed by atoms with van der Waals surface area (Å²) in [5, 5.41) is 0. The van der Waals surface area contributed by atoms with Crippen molar-refractivity contribution in [1.82, 2.24) is 14.4 Å². The Morgan fingerprint density at radius 1 is 1.00 bits per heavy atom. The molecule has 7 heteroatoms. The Bertz CT molecular complexity index is 1340. The summed E-state index contributed by atoms with van der Waals surface area (Å²) in [5.74, 6) is 2.61. The summed E-state index contributed by atoms with van der Waals surface area (Å²) in [6.45, 7) is 4.50. The smallest absolute Gasteiger partial charge is 0.260 e. The molecule has 0 radical (unpaired) electrons. The monoisotopic (exact) mass is 443 g/mol. The number of aryl methyl sites for hydroxylation is 1. The third kappa shape index (κ3) is 4.67. The summed E-state index contributed by atoms with van der Waals surface area (Å²) in [7, 11) is 0. The summed E-state index contributed by atoms with van der Waals surface area (Å²) in [5.41, 5.74) is 3.46. The van der Waals surface area contributed by atoms with E-state index >= 15 is 0 Å². The molecule has 1 fully saturated rings. The van der Waals surface area contributed by atoms with Gasteiger partial charge in [-0.2, -0.15) is 0 Å². The summed E-state index contributed by atoms with van der Waals surface area (Å²) < 4.78 is 19.1. The van der Waals surface area contributed by atoms with E-state index in [4.69, 9.17) is 14.2 Å². The predicted octanol–water partition coefficient (Wildman–Crippen LogP) is 5.05. The molecule has 7 nitrogen and oxygen atoms in total. The SMILES string of the molecule is CCOc1cc(Oc2ccc3ncc(C)c(=O)n3c2)cnc1OCc1ccc(C2CC2)cc1. The van der Waals surface area contributed by atoms with Gasteiger partial charge in [0.25, 0.3) is 11.4 Å². The molecule has 0 spiro atoms. The van der Waals surface area contributed by atoms with E-state index in [0.717, 1.165) is 11.5 Å². The third-order valence-corrected chi connectivity index (χ3v) is 5.58. The molecule has 0 unspecified atom stereocenters. The maximum atomic E-state index is 12.4. The van der Waals surface area contributed by atoms with Gasteiger partial charge in [-0.05, 0) is 55.9 Å². The topological polar surface area (TPSA) is 75.0 Å². The second kappa shape index (κ2) is 8.94. The minimum Gasteiger partial charge on any atom is -0.488 e. The maximum Gasteiger partial charge on any atom is 0.260 e. The lowest BCUT2D eigenvalue weighted by Crippen LogP contribution is -2.16. The number of pyridine rings is 2. The van der Waals surface area contributed by atoms with Crippen LogP contribution in [0.25, 0.3) is 5.65 Å². The van der Waals surface area contributed by atoms with Crippen LogP contribution in [0, 0.1) is 6.92 Å². The Hall–Kier alpha value is -3.87. The van der Waals surface area contributed by atoms with E-state index in [-0.39, 0.29) is 5.56 Å². The van der Waals surface area contributed by atoms with E-state index in [1.165, 1.54) is 22.8 Å². The fourth-order valence-corrected chi connectivity index (χ4v) is 3.64. The molecule has 168 valence electrons.